The van der Waals surface area contributed by atoms with Gasteiger partial charge in [0.1, 0.15) is 5.82 Å². The van der Waals surface area contributed by atoms with Crippen LogP contribution in [0, 0.1) is 23.4 Å². The van der Waals surface area contributed by atoms with Gasteiger partial charge in [-0.1, -0.05) is 0 Å². The Balaban J connectivity index is 1.48. The number of halogens is 3. The Kier molecular flexibility index (Phi) is 5.80. The zero-order valence-electron chi connectivity index (χ0n) is 14.4. The largest absolute Gasteiger partial charge is 0.342 e. The minimum Gasteiger partial charge on any atom is -0.342 e. The maximum atomic E-state index is 13.6. The summed E-state index contributed by atoms with van der Waals surface area (Å²) < 4.78 is 39.8. The zero-order chi connectivity index (χ0) is 18.7. The smallest absolute Gasteiger partial charge is 0.236 e. The number of carbonyl (C=O) groups is 2. The van der Waals surface area contributed by atoms with Crippen LogP contribution in [0.1, 0.15) is 32.1 Å². The van der Waals surface area contributed by atoms with Gasteiger partial charge in [0.2, 0.25) is 11.8 Å². The van der Waals surface area contributed by atoms with Gasteiger partial charge in [-0.25, -0.2) is 13.2 Å². The quantitative estimate of drug-likeness (QED) is 0.784. The van der Waals surface area contributed by atoms with Crippen LogP contribution in [0.15, 0.2) is 12.1 Å². The Labute approximate surface area is 149 Å². The molecule has 3 rings (SSSR count). The molecule has 8 heteroatoms. The Morgan fingerprint density at radius 2 is 1.73 bits per heavy atom. The normalized spacial score (nSPS) is 22.7. The van der Waals surface area contributed by atoms with E-state index in [-0.39, 0.29) is 30.1 Å². The topological polar surface area (TPSA) is 61.4 Å². The second kappa shape index (κ2) is 8.07. The molecule has 1 aromatic carbocycles. The lowest BCUT2D eigenvalue weighted by Gasteiger charge is -2.18. The molecule has 0 bridgehead atoms. The van der Waals surface area contributed by atoms with Crippen molar-refractivity contribution in [2.75, 3.05) is 25.0 Å². The van der Waals surface area contributed by atoms with E-state index in [1.807, 2.05) is 4.90 Å². The van der Waals surface area contributed by atoms with Gasteiger partial charge in [-0.3, -0.25) is 9.59 Å². The highest BCUT2D eigenvalue weighted by atomic mass is 19.2. The standard InChI is InChI=1S/C18H22F3N3O2/c19-13-8-15(21)16(9-14(13)20)23-18(26)11-3-4-12(7-11)22-10-17(25)24-5-1-2-6-24/h8-9,11-12,22H,1-7,10H2,(H,23,26). The summed E-state index contributed by atoms with van der Waals surface area (Å²) in [5.41, 5.74) is -0.366. The van der Waals surface area contributed by atoms with Gasteiger partial charge in [0, 0.05) is 37.2 Å². The van der Waals surface area contributed by atoms with Crippen molar-refractivity contribution < 1.29 is 22.8 Å². The first kappa shape index (κ1) is 18.7. The van der Waals surface area contributed by atoms with Crippen LogP contribution in [-0.2, 0) is 9.59 Å². The van der Waals surface area contributed by atoms with Crippen molar-refractivity contribution in [3.63, 3.8) is 0 Å². The molecule has 5 nitrogen and oxygen atoms in total. The lowest BCUT2D eigenvalue weighted by molar-refractivity contribution is -0.129. The SMILES string of the molecule is O=C(Nc1cc(F)c(F)cc1F)C1CCC(NCC(=O)N2CCCC2)C1. The highest BCUT2D eigenvalue weighted by molar-refractivity contribution is 5.92. The monoisotopic (exact) mass is 369 g/mol. The third kappa shape index (κ3) is 4.35. The summed E-state index contributed by atoms with van der Waals surface area (Å²) >= 11 is 0. The van der Waals surface area contributed by atoms with Crippen LogP contribution in [0.3, 0.4) is 0 Å². The molecule has 1 saturated carbocycles. The van der Waals surface area contributed by atoms with Crippen LogP contribution in [0.5, 0.6) is 0 Å². The number of nitrogens with one attached hydrogen (secondary N) is 2. The van der Waals surface area contributed by atoms with E-state index >= 15 is 0 Å². The first-order chi connectivity index (χ1) is 12.4. The molecule has 1 aliphatic carbocycles. The van der Waals surface area contributed by atoms with E-state index in [0.29, 0.717) is 25.0 Å². The Hall–Kier alpha value is -2.09. The molecular weight excluding hydrogens is 347 g/mol. The molecule has 1 heterocycles. The van der Waals surface area contributed by atoms with Crippen LogP contribution in [0.25, 0.3) is 0 Å². The summed E-state index contributed by atoms with van der Waals surface area (Å²) in [5.74, 6) is -4.24. The molecule has 1 saturated heterocycles. The molecule has 2 atom stereocenters. The lowest BCUT2D eigenvalue weighted by Crippen LogP contribution is -2.40. The number of hydrogen-bond acceptors (Lipinski definition) is 3. The summed E-state index contributed by atoms with van der Waals surface area (Å²) in [6.45, 7) is 1.85. The van der Waals surface area contributed by atoms with E-state index in [1.54, 1.807) is 0 Å². The minimum absolute atomic E-state index is 0.0344. The summed E-state index contributed by atoms with van der Waals surface area (Å²) in [6, 6.07) is 1.09. The Bertz CT molecular complexity index is 693. The van der Waals surface area contributed by atoms with Crippen molar-refractivity contribution >= 4 is 17.5 Å². The predicted molar refractivity (Wildman–Crippen MR) is 89.9 cm³/mol. The second-order valence-electron chi connectivity index (χ2n) is 6.91. The van der Waals surface area contributed by atoms with Crippen molar-refractivity contribution in [1.29, 1.82) is 0 Å². The summed E-state index contributed by atoms with van der Waals surface area (Å²) in [4.78, 5) is 26.1. The summed E-state index contributed by atoms with van der Waals surface area (Å²) in [7, 11) is 0. The van der Waals surface area contributed by atoms with Crippen LogP contribution >= 0.6 is 0 Å². The third-order valence-corrected chi connectivity index (χ3v) is 5.07. The first-order valence-corrected chi connectivity index (χ1v) is 8.90. The number of amides is 2. The fourth-order valence-corrected chi connectivity index (χ4v) is 3.57. The van der Waals surface area contributed by atoms with Crippen LogP contribution in [0.4, 0.5) is 18.9 Å². The average Bonchev–Trinajstić information content (AvgIpc) is 3.29. The number of hydrogen-bond donors (Lipinski definition) is 2. The molecular formula is C18H22F3N3O2. The van der Waals surface area contributed by atoms with Gasteiger partial charge in [-0.05, 0) is 32.1 Å². The Morgan fingerprint density at radius 1 is 1.04 bits per heavy atom. The van der Waals surface area contributed by atoms with Crippen molar-refractivity contribution in [3.05, 3.63) is 29.6 Å². The number of rotatable bonds is 5. The number of carbonyl (C=O) groups excluding carboxylic acids is 2. The zero-order valence-corrected chi connectivity index (χ0v) is 14.4. The molecule has 1 aliphatic heterocycles. The highest BCUT2D eigenvalue weighted by Gasteiger charge is 2.31. The molecule has 2 fully saturated rings. The first-order valence-electron chi connectivity index (χ1n) is 8.90. The molecule has 26 heavy (non-hydrogen) atoms. The van der Waals surface area contributed by atoms with Gasteiger partial charge in [-0.2, -0.15) is 0 Å². The van der Waals surface area contributed by atoms with Crippen LogP contribution in [-0.4, -0.2) is 42.4 Å². The van der Waals surface area contributed by atoms with Gasteiger partial charge in [0.05, 0.1) is 12.2 Å². The highest BCUT2D eigenvalue weighted by Crippen LogP contribution is 2.28. The molecule has 1 aromatic rings. The van der Waals surface area contributed by atoms with Gasteiger partial charge < -0.3 is 15.5 Å². The third-order valence-electron chi connectivity index (χ3n) is 5.07. The lowest BCUT2D eigenvalue weighted by atomic mass is 10.1. The number of likely N-dealkylation sites (tertiary alicyclic amines) is 1. The molecule has 2 N–H and O–H groups in total. The number of nitrogens with zero attached hydrogens (tertiary/aromatic N) is 1. The molecule has 0 aromatic heterocycles. The van der Waals surface area contributed by atoms with Gasteiger partial charge >= 0.3 is 0 Å². The van der Waals surface area contributed by atoms with Gasteiger partial charge in [0.25, 0.3) is 0 Å². The Morgan fingerprint density at radius 3 is 2.46 bits per heavy atom. The fourth-order valence-electron chi connectivity index (χ4n) is 3.57. The van der Waals surface area contributed by atoms with E-state index in [9.17, 15) is 22.8 Å². The van der Waals surface area contributed by atoms with E-state index in [4.69, 9.17) is 0 Å². The molecule has 2 amide bonds. The number of anilines is 1. The molecule has 142 valence electrons. The van der Waals surface area contributed by atoms with E-state index in [2.05, 4.69) is 10.6 Å². The van der Waals surface area contributed by atoms with E-state index in [0.717, 1.165) is 32.4 Å². The van der Waals surface area contributed by atoms with Crippen molar-refractivity contribution in [3.8, 4) is 0 Å². The second-order valence-corrected chi connectivity index (χ2v) is 6.91. The summed E-state index contributed by atoms with van der Waals surface area (Å²) in [5, 5.41) is 5.51. The number of benzene rings is 1. The maximum Gasteiger partial charge on any atom is 0.236 e. The van der Waals surface area contributed by atoms with Crippen molar-refractivity contribution in [1.82, 2.24) is 10.2 Å². The molecule has 0 radical (unpaired) electrons. The van der Waals surface area contributed by atoms with Crippen LogP contribution in [0.2, 0.25) is 0 Å². The van der Waals surface area contributed by atoms with Crippen LogP contribution < -0.4 is 10.6 Å². The van der Waals surface area contributed by atoms with Gasteiger partial charge in [0.15, 0.2) is 11.6 Å². The molecule has 0 spiro atoms. The van der Waals surface area contributed by atoms with Crippen molar-refractivity contribution in [2.45, 2.75) is 38.1 Å². The predicted octanol–water partition coefficient (Wildman–Crippen LogP) is 2.42. The van der Waals surface area contributed by atoms with Gasteiger partial charge in [-0.15, -0.1) is 0 Å². The molecule has 2 unspecified atom stereocenters. The van der Waals surface area contributed by atoms with E-state index in [1.165, 1.54) is 0 Å². The minimum atomic E-state index is -1.30. The average molecular weight is 369 g/mol. The molecule has 2 aliphatic rings. The fraction of sp³-hybridized carbons (Fsp3) is 0.556. The maximum absolute atomic E-state index is 13.6. The van der Waals surface area contributed by atoms with E-state index < -0.39 is 23.4 Å². The summed E-state index contributed by atoms with van der Waals surface area (Å²) in [6.07, 6.45) is 3.92. The van der Waals surface area contributed by atoms with Crippen molar-refractivity contribution in [2.24, 2.45) is 5.92 Å².